The molecule has 2 fully saturated rings. The molecule has 0 aliphatic carbocycles. The highest BCUT2D eigenvalue weighted by atomic mass is 16.6. The van der Waals surface area contributed by atoms with Gasteiger partial charge in [0.2, 0.25) is 5.95 Å². The molecule has 5 rings (SSSR count). The highest BCUT2D eigenvalue weighted by molar-refractivity contribution is 5.63. The van der Waals surface area contributed by atoms with E-state index in [1.165, 1.54) is 16.7 Å². The minimum atomic E-state index is -0.0216. The minimum absolute atomic E-state index is 0.00940. The first-order valence-electron chi connectivity index (χ1n) is 11.7. The Bertz CT molecular complexity index is 1070. The third-order valence-corrected chi connectivity index (χ3v) is 6.42. The molecule has 2 aromatic carbocycles. The van der Waals surface area contributed by atoms with Crippen molar-refractivity contribution in [1.82, 2.24) is 15.3 Å². The van der Waals surface area contributed by atoms with Crippen LogP contribution >= 0.6 is 0 Å². The number of hydrogen-bond donors (Lipinski definition) is 2. The Kier molecular flexibility index (Phi) is 6.15. The Labute approximate surface area is 195 Å². The van der Waals surface area contributed by atoms with E-state index in [0.29, 0.717) is 19.2 Å². The molecule has 2 N–H and O–H groups in total. The molecule has 0 spiro atoms. The Morgan fingerprint density at radius 1 is 0.848 bits per heavy atom. The monoisotopic (exact) mass is 444 g/mol. The summed E-state index contributed by atoms with van der Waals surface area (Å²) in [5, 5.41) is 7.07. The van der Waals surface area contributed by atoms with Gasteiger partial charge in [0.25, 0.3) is 0 Å². The van der Waals surface area contributed by atoms with Crippen molar-refractivity contribution in [2.75, 3.05) is 18.5 Å². The van der Waals surface area contributed by atoms with E-state index in [1.54, 1.807) is 0 Å². The molecular weight excluding hydrogens is 412 g/mol. The van der Waals surface area contributed by atoms with Gasteiger partial charge in [-0.25, -0.2) is 9.97 Å². The van der Waals surface area contributed by atoms with Crippen molar-refractivity contribution in [2.24, 2.45) is 0 Å². The number of nitrogens with zero attached hydrogens (tertiary/aromatic N) is 2. The van der Waals surface area contributed by atoms with Gasteiger partial charge in [0.1, 0.15) is 12.2 Å². The fraction of sp³-hybridized carbons (Fsp3) is 0.407. The zero-order valence-electron chi connectivity index (χ0n) is 19.5. The van der Waals surface area contributed by atoms with Crippen molar-refractivity contribution in [3.05, 3.63) is 78.1 Å². The summed E-state index contributed by atoms with van der Waals surface area (Å²) in [4.78, 5) is 9.10. The summed E-state index contributed by atoms with van der Waals surface area (Å²) in [5.74, 6) is 0.634. The van der Waals surface area contributed by atoms with Gasteiger partial charge in [0, 0.05) is 18.2 Å². The van der Waals surface area contributed by atoms with Crippen LogP contribution in [0.1, 0.15) is 32.0 Å². The molecule has 0 amide bonds. The molecule has 6 heteroatoms. The topological polar surface area (TPSA) is 68.3 Å². The molecule has 3 heterocycles. The first-order chi connectivity index (χ1) is 16.0. The largest absolute Gasteiger partial charge is 0.371 e. The van der Waals surface area contributed by atoms with Crippen LogP contribution in [0, 0.1) is 0 Å². The summed E-state index contributed by atoms with van der Waals surface area (Å²) >= 11 is 0. The first-order valence-corrected chi connectivity index (χ1v) is 11.7. The number of fused-ring (bicyclic) bond motifs is 1. The molecule has 0 radical (unpaired) electrons. The molecule has 33 heavy (non-hydrogen) atoms. The predicted molar refractivity (Wildman–Crippen MR) is 130 cm³/mol. The lowest BCUT2D eigenvalue weighted by Gasteiger charge is -2.21. The Morgan fingerprint density at radius 2 is 1.52 bits per heavy atom. The van der Waals surface area contributed by atoms with Crippen molar-refractivity contribution in [1.29, 1.82) is 0 Å². The van der Waals surface area contributed by atoms with E-state index >= 15 is 0 Å². The Morgan fingerprint density at radius 3 is 2.24 bits per heavy atom. The average Bonchev–Trinajstić information content (AvgIpc) is 3.41. The number of benzene rings is 2. The molecule has 0 bridgehead atoms. The van der Waals surface area contributed by atoms with Gasteiger partial charge in [-0.1, -0.05) is 75.4 Å². The molecule has 2 aliphatic heterocycles. The zero-order chi connectivity index (χ0) is 22.8. The van der Waals surface area contributed by atoms with Gasteiger partial charge >= 0.3 is 0 Å². The van der Waals surface area contributed by atoms with Gasteiger partial charge in [-0.05, 0) is 22.8 Å². The molecule has 3 aromatic rings. The van der Waals surface area contributed by atoms with E-state index in [-0.39, 0.29) is 29.7 Å². The second kappa shape index (κ2) is 9.21. The maximum atomic E-state index is 6.13. The fourth-order valence-electron chi connectivity index (χ4n) is 4.50. The number of nitrogens with one attached hydrogen (secondary N) is 2. The number of anilines is 1. The van der Waals surface area contributed by atoms with Crippen LogP contribution in [0.3, 0.4) is 0 Å². The second-order valence-corrected chi connectivity index (χ2v) is 9.91. The third kappa shape index (κ3) is 4.93. The summed E-state index contributed by atoms with van der Waals surface area (Å²) in [6.07, 6.45) is 1.83. The number of ether oxygens (including phenoxy) is 2. The van der Waals surface area contributed by atoms with Crippen LogP contribution < -0.4 is 10.6 Å². The molecule has 6 nitrogen and oxygen atoms in total. The highest BCUT2D eigenvalue weighted by Gasteiger charge is 2.47. The quantitative estimate of drug-likeness (QED) is 0.595. The maximum Gasteiger partial charge on any atom is 0.223 e. The third-order valence-electron chi connectivity index (χ3n) is 6.42. The van der Waals surface area contributed by atoms with Crippen LogP contribution in [0.25, 0.3) is 11.1 Å². The zero-order valence-corrected chi connectivity index (χ0v) is 19.5. The molecule has 0 saturated carbocycles. The van der Waals surface area contributed by atoms with E-state index in [0.717, 1.165) is 12.2 Å². The van der Waals surface area contributed by atoms with Gasteiger partial charge in [-0.3, -0.25) is 0 Å². The molecule has 0 unspecified atom stereocenters. The van der Waals surface area contributed by atoms with Gasteiger partial charge in [-0.2, -0.15) is 0 Å². The van der Waals surface area contributed by atoms with Crippen molar-refractivity contribution in [3.8, 4) is 11.1 Å². The maximum absolute atomic E-state index is 6.13. The summed E-state index contributed by atoms with van der Waals surface area (Å²) in [6, 6.07) is 21.3. The highest BCUT2D eigenvalue weighted by Crippen LogP contribution is 2.29. The summed E-state index contributed by atoms with van der Waals surface area (Å²) < 4.78 is 12.3. The van der Waals surface area contributed by atoms with Crippen LogP contribution in [0.2, 0.25) is 0 Å². The van der Waals surface area contributed by atoms with Gasteiger partial charge in [-0.15, -0.1) is 0 Å². The number of rotatable bonds is 6. The molecule has 172 valence electrons. The van der Waals surface area contributed by atoms with Gasteiger partial charge < -0.3 is 20.1 Å². The van der Waals surface area contributed by atoms with E-state index in [1.807, 2.05) is 18.3 Å². The Hall–Kier alpha value is -2.80. The van der Waals surface area contributed by atoms with Gasteiger partial charge in [0.05, 0.1) is 31.0 Å². The molecule has 1 aromatic heterocycles. The first kappa shape index (κ1) is 22.0. The van der Waals surface area contributed by atoms with E-state index in [4.69, 9.17) is 14.5 Å². The van der Waals surface area contributed by atoms with Crippen molar-refractivity contribution in [2.45, 2.75) is 57.0 Å². The average molecular weight is 445 g/mol. The lowest BCUT2D eigenvalue weighted by molar-refractivity contribution is 0.0675. The summed E-state index contributed by atoms with van der Waals surface area (Å²) in [5.41, 5.74) is 4.71. The summed E-state index contributed by atoms with van der Waals surface area (Å²) in [6.45, 7) is 8.46. The smallest absolute Gasteiger partial charge is 0.223 e. The van der Waals surface area contributed by atoms with E-state index in [2.05, 4.69) is 84.9 Å². The van der Waals surface area contributed by atoms with Crippen molar-refractivity contribution >= 4 is 5.95 Å². The number of aromatic nitrogens is 2. The fourth-order valence-corrected chi connectivity index (χ4v) is 4.50. The minimum Gasteiger partial charge on any atom is -0.371 e. The van der Waals surface area contributed by atoms with E-state index in [9.17, 15) is 0 Å². The SMILES string of the molecule is CC(C)(C)c1ccnc(N[C@H]2CO[C@H]3[C@@H]2OC[C@@H]3NCc2ccc(-c3ccccc3)cc2)n1. The Balaban J connectivity index is 1.17. The molecular formula is C27H32N4O2. The standard InChI is InChI=1S/C27H32N4O2/c1-27(2,3)23-13-14-28-26(31-23)30-22-17-33-24-21(16-32-25(22)24)29-15-18-9-11-20(12-10-18)19-7-5-4-6-8-19/h4-14,21-22,24-25,29H,15-17H2,1-3H3,(H,28,30,31)/t21-,22-,24+,25+/m0/s1. The predicted octanol–water partition coefficient (Wildman–Crippen LogP) is 4.18. The van der Waals surface area contributed by atoms with E-state index < -0.39 is 0 Å². The number of hydrogen-bond acceptors (Lipinski definition) is 6. The normalized spacial score (nSPS) is 24.6. The van der Waals surface area contributed by atoms with Crippen LogP contribution in [0.15, 0.2) is 66.9 Å². The molecule has 4 atom stereocenters. The second-order valence-electron chi connectivity index (χ2n) is 9.91. The lowest BCUT2D eigenvalue weighted by Crippen LogP contribution is -2.41. The molecule has 2 aliphatic rings. The molecule has 2 saturated heterocycles. The van der Waals surface area contributed by atoms with Crippen LogP contribution in [-0.2, 0) is 21.4 Å². The van der Waals surface area contributed by atoms with Gasteiger partial charge in [0.15, 0.2) is 0 Å². The lowest BCUT2D eigenvalue weighted by atomic mass is 9.92. The summed E-state index contributed by atoms with van der Waals surface area (Å²) in [7, 11) is 0. The van der Waals surface area contributed by atoms with Crippen LogP contribution in [0.5, 0.6) is 0 Å². The van der Waals surface area contributed by atoms with Crippen molar-refractivity contribution < 1.29 is 9.47 Å². The van der Waals surface area contributed by atoms with Crippen LogP contribution in [0.4, 0.5) is 5.95 Å². The van der Waals surface area contributed by atoms with Crippen molar-refractivity contribution in [3.63, 3.8) is 0 Å². The van der Waals surface area contributed by atoms with Crippen LogP contribution in [-0.4, -0.2) is 47.5 Å².